The molecule has 1 fully saturated rings. The number of nitrogens with one attached hydrogen (secondary N) is 1. The van der Waals surface area contributed by atoms with E-state index in [2.05, 4.69) is 5.32 Å². The normalized spacial score (nSPS) is 17.6. The van der Waals surface area contributed by atoms with Gasteiger partial charge in [0, 0.05) is 23.2 Å². The molecule has 1 aliphatic rings. The van der Waals surface area contributed by atoms with Crippen molar-refractivity contribution in [2.24, 2.45) is 5.73 Å². The first-order valence-corrected chi connectivity index (χ1v) is 10.6. The first kappa shape index (κ1) is 22.2. The van der Waals surface area contributed by atoms with Crippen molar-refractivity contribution < 1.29 is 13.2 Å². The Balaban J connectivity index is 0.00000312. The largest absolute Gasteiger partial charge is 0.354 e. The fourth-order valence-corrected chi connectivity index (χ4v) is 4.17. The van der Waals surface area contributed by atoms with Gasteiger partial charge in [-0.25, -0.2) is 8.42 Å². The lowest BCUT2D eigenvalue weighted by Gasteiger charge is -2.30. The van der Waals surface area contributed by atoms with E-state index in [0.717, 1.165) is 37.5 Å². The van der Waals surface area contributed by atoms with Gasteiger partial charge in [0.25, 0.3) is 0 Å². The van der Waals surface area contributed by atoms with E-state index in [1.54, 1.807) is 0 Å². The lowest BCUT2D eigenvalue weighted by molar-refractivity contribution is -0.122. The van der Waals surface area contributed by atoms with Crippen LogP contribution in [0.2, 0.25) is 5.02 Å². The highest BCUT2D eigenvalue weighted by Crippen LogP contribution is 2.41. The molecule has 2 rings (SSSR count). The fraction of sp³-hybridized carbons (Fsp3) is 0.588. The van der Waals surface area contributed by atoms with E-state index in [9.17, 15) is 13.2 Å². The Bertz CT molecular complexity index is 689. The molecule has 1 saturated carbocycles. The minimum Gasteiger partial charge on any atom is -0.354 e. The van der Waals surface area contributed by atoms with Crippen LogP contribution >= 0.6 is 24.0 Å². The van der Waals surface area contributed by atoms with Gasteiger partial charge in [-0.05, 0) is 37.0 Å². The van der Waals surface area contributed by atoms with Crippen LogP contribution in [-0.4, -0.2) is 38.9 Å². The highest BCUT2D eigenvalue weighted by molar-refractivity contribution is 7.90. The number of hydrogen-bond acceptors (Lipinski definition) is 4. The minimum absolute atomic E-state index is 0. The van der Waals surface area contributed by atoms with Gasteiger partial charge in [-0.15, -0.1) is 12.4 Å². The van der Waals surface area contributed by atoms with Gasteiger partial charge in [-0.3, -0.25) is 4.79 Å². The third-order valence-electron chi connectivity index (χ3n) is 4.74. The maximum Gasteiger partial charge on any atom is 0.236 e. The van der Waals surface area contributed by atoms with Gasteiger partial charge in [-0.2, -0.15) is 0 Å². The van der Waals surface area contributed by atoms with Gasteiger partial charge in [0.15, 0.2) is 0 Å². The number of rotatable bonds is 7. The van der Waals surface area contributed by atoms with Crippen molar-refractivity contribution in [3.05, 3.63) is 34.9 Å². The van der Waals surface area contributed by atoms with Crippen LogP contribution in [-0.2, 0) is 20.0 Å². The van der Waals surface area contributed by atoms with Crippen molar-refractivity contribution in [1.82, 2.24) is 5.32 Å². The molecular weight excluding hydrogens is 383 g/mol. The molecule has 8 heteroatoms. The molecule has 25 heavy (non-hydrogen) atoms. The average molecular weight is 409 g/mol. The molecule has 0 spiro atoms. The second-order valence-electron chi connectivity index (χ2n) is 6.74. The van der Waals surface area contributed by atoms with Gasteiger partial charge in [0.1, 0.15) is 9.84 Å². The number of amides is 1. The summed E-state index contributed by atoms with van der Waals surface area (Å²) in [6.45, 7) is 0.499. The van der Waals surface area contributed by atoms with Crippen molar-refractivity contribution >= 4 is 39.8 Å². The Morgan fingerprint density at radius 2 is 2.00 bits per heavy atom. The molecule has 5 nitrogen and oxygen atoms in total. The molecule has 142 valence electrons. The quantitative estimate of drug-likeness (QED) is 0.724. The zero-order chi connectivity index (χ0) is 17.8. The van der Waals surface area contributed by atoms with E-state index in [1.807, 2.05) is 24.3 Å². The molecule has 0 saturated heterocycles. The molecule has 1 unspecified atom stereocenters. The highest BCUT2D eigenvalue weighted by atomic mass is 35.5. The number of hydrogen-bond donors (Lipinski definition) is 2. The Morgan fingerprint density at radius 3 is 2.56 bits per heavy atom. The average Bonchev–Trinajstić information content (AvgIpc) is 2.99. The Labute approximate surface area is 161 Å². The number of carbonyl (C=O) groups is 1. The topological polar surface area (TPSA) is 89.3 Å². The summed E-state index contributed by atoms with van der Waals surface area (Å²) in [6.07, 6.45) is 5.49. The van der Waals surface area contributed by atoms with Crippen molar-refractivity contribution in [1.29, 1.82) is 0 Å². The third kappa shape index (κ3) is 6.44. The molecule has 1 amide bonds. The minimum atomic E-state index is -3.12. The fourth-order valence-electron chi connectivity index (χ4n) is 3.30. The standard InChI is InChI=1S/C17H25ClN2O3S.ClH/c1-24(22,23)10-7-15(19)16(21)20-12-17(8-2-3-9-17)13-5-4-6-14(18)11-13;/h4-6,11,15H,2-3,7-10,12,19H2,1H3,(H,20,21);1H. The highest BCUT2D eigenvalue weighted by Gasteiger charge is 2.36. The van der Waals surface area contributed by atoms with Crippen molar-refractivity contribution in [2.45, 2.75) is 43.6 Å². The number of benzene rings is 1. The second kappa shape index (κ2) is 9.21. The van der Waals surface area contributed by atoms with Crippen LogP contribution in [0.5, 0.6) is 0 Å². The van der Waals surface area contributed by atoms with Gasteiger partial charge in [-0.1, -0.05) is 36.6 Å². The van der Waals surface area contributed by atoms with E-state index in [1.165, 1.54) is 0 Å². The van der Waals surface area contributed by atoms with Gasteiger partial charge in [0.05, 0.1) is 11.8 Å². The van der Waals surface area contributed by atoms with Crippen LogP contribution in [0, 0.1) is 0 Å². The maximum absolute atomic E-state index is 12.2. The number of halogens is 2. The van der Waals surface area contributed by atoms with Crippen LogP contribution in [0.1, 0.15) is 37.7 Å². The predicted molar refractivity (Wildman–Crippen MR) is 104 cm³/mol. The summed E-state index contributed by atoms with van der Waals surface area (Å²) in [5.74, 6) is -0.381. The molecule has 0 radical (unpaired) electrons. The predicted octanol–water partition coefficient (Wildman–Crippen LogP) is 2.45. The van der Waals surface area contributed by atoms with E-state index in [-0.39, 0.29) is 35.9 Å². The molecule has 1 aliphatic carbocycles. The van der Waals surface area contributed by atoms with Crippen LogP contribution in [0.3, 0.4) is 0 Å². The summed E-state index contributed by atoms with van der Waals surface area (Å²) in [5.41, 5.74) is 6.84. The summed E-state index contributed by atoms with van der Waals surface area (Å²) < 4.78 is 22.4. The van der Waals surface area contributed by atoms with Crippen molar-refractivity contribution in [3.63, 3.8) is 0 Å². The molecular formula is C17H26Cl2N2O3S. The zero-order valence-corrected chi connectivity index (χ0v) is 16.7. The lowest BCUT2D eigenvalue weighted by atomic mass is 9.78. The SMILES string of the molecule is CS(=O)(=O)CCC(N)C(=O)NCC1(c2cccc(Cl)c2)CCCC1.Cl. The summed E-state index contributed by atoms with van der Waals surface area (Å²) in [6, 6.07) is 6.97. The molecule has 0 aromatic heterocycles. The van der Waals surface area contributed by atoms with E-state index in [4.69, 9.17) is 17.3 Å². The van der Waals surface area contributed by atoms with Crippen molar-refractivity contribution in [3.8, 4) is 0 Å². The smallest absolute Gasteiger partial charge is 0.236 e. The Morgan fingerprint density at radius 1 is 1.36 bits per heavy atom. The second-order valence-corrected chi connectivity index (χ2v) is 9.44. The lowest BCUT2D eigenvalue weighted by Crippen LogP contribution is -2.46. The number of carbonyl (C=O) groups excluding carboxylic acids is 1. The molecule has 1 atom stereocenters. The van der Waals surface area contributed by atoms with Crippen molar-refractivity contribution in [2.75, 3.05) is 18.6 Å². The summed E-state index contributed by atoms with van der Waals surface area (Å²) in [7, 11) is -3.12. The van der Waals surface area contributed by atoms with Crippen LogP contribution in [0.25, 0.3) is 0 Å². The van der Waals surface area contributed by atoms with Gasteiger partial charge < -0.3 is 11.1 Å². The molecule has 0 aliphatic heterocycles. The first-order valence-electron chi connectivity index (χ1n) is 8.19. The number of sulfone groups is 1. The van der Waals surface area contributed by atoms with E-state index < -0.39 is 15.9 Å². The summed E-state index contributed by atoms with van der Waals surface area (Å²) >= 11 is 6.12. The first-order chi connectivity index (χ1) is 11.2. The molecule has 3 N–H and O–H groups in total. The van der Waals surface area contributed by atoms with E-state index >= 15 is 0 Å². The molecule has 0 bridgehead atoms. The Hall–Kier alpha value is -0.820. The summed E-state index contributed by atoms with van der Waals surface area (Å²) in [5, 5.41) is 3.61. The van der Waals surface area contributed by atoms with E-state index in [0.29, 0.717) is 11.6 Å². The third-order valence-corrected chi connectivity index (χ3v) is 5.95. The number of nitrogens with two attached hydrogens (primary N) is 1. The van der Waals surface area contributed by atoms with Crippen LogP contribution in [0.4, 0.5) is 0 Å². The molecule has 1 aromatic carbocycles. The Kier molecular flexibility index (Phi) is 8.19. The van der Waals surface area contributed by atoms with Crippen LogP contribution < -0.4 is 11.1 Å². The summed E-state index contributed by atoms with van der Waals surface area (Å²) in [4.78, 5) is 12.2. The van der Waals surface area contributed by atoms with Crippen LogP contribution in [0.15, 0.2) is 24.3 Å². The zero-order valence-electron chi connectivity index (χ0n) is 14.3. The maximum atomic E-state index is 12.2. The van der Waals surface area contributed by atoms with Gasteiger partial charge >= 0.3 is 0 Å². The molecule has 1 aromatic rings. The van der Waals surface area contributed by atoms with Gasteiger partial charge in [0.2, 0.25) is 5.91 Å². The molecule has 0 heterocycles. The monoisotopic (exact) mass is 408 g/mol.